The predicted molar refractivity (Wildman–Crippen MR) is 114 cm³/mol. The van der Waals surface area contributed by atoms with E-state index in [-0.39, 0.29) is 24.0 Å². The molecule has 0 aliphatic carbocycles. The van der Waals surface area contributed by atoms with Gasteiger partial charge in [-0.15, -0.1) is 24.0 Å². The zero-order chi connectivity index (χ0) is 19.9. The van der Waals surface area contributed by atoms with Crippen LogP contribution < -0.4 is 5.32 Å². The zero-order valence-corrected chi connectivity index (χ0v) is 18.8. The van der Waals surface area contributed by atoms with E-state index in [0.29, 0.717) is 56.9 Å². The molecule has 2 rings (SSSR count). The fourth-order valence-corrected chi connectivity index (χ4v) is 2.84. The molecule has 1 atom stereocenters. The number of guanidine groups is 1. The summed E-state index contributed by atoms with van der Waals surface area (Å²) < 4.78 is 50.1. The van der Waals surface area contributed by atoms with Gasteiger partial charge in [0, 0.05) is 26.7 Å². The summed E-state index contributed by atoms with van der Waals surface area (Å²) >= 11 is 0. The third-order valence-electron chi connectivity index (χ3n) is 4.14. The zero-order valence-electron chi connectivity index (χ0n) is 16.5. The van der Waals surface area contributed by atoms with Crippen LogP contribution in [-0.4, -0.2) is 57.4 Å². The van der Waals surface area contributed by atoms with Gasteiger partial charge in [-0.05, 0) is 23.6 Å². The lowest BCUT2D eigenvalue weighted by atomic mass is 10.0. The van der Waals surface area contributed by atoms with Gasteiger partial charge < -0.3 is 19.7 Å². The highest BCUT2D eigenvalue weighted by Crippen LogP contribution is 2.32. The molecular formula is C19H29F3IN3O2. The van der Waals surface area contributed by atoms with Gasteiger partial charge in [0.25, 0.3) is 0 Å². The normalized spacial score (nSPS) is 18.2. The van der Waals surface area contributed by atoms with Crippen LogP contribution in [-0.2, 0) is 15.7 Å². The Balaban J connectivity index is 0.00000392. The standard InChI is InChI=1S/C19H28F3N3O2.HI/c1-14(2)13-26-9-7-24-18(23-3)25-8-10-27-17(12-25)15-5-4-6-16(11-15)19(20,21)22;/h4-6,11,14,17H,7-10,12-13H2,1-3H3,(H,23,24);1H. The lowest BCUT2D eigenvalue weighted by Crippen LogP contribution is -2.48. The molecule has 9 heteroatoms. The van der Waals surface area contributed by atoms with Crippen molar-refractivity contribution >= 4 is 29.9 Å². The maximum absolute atomic E-state index is 13.0. The molecule has 28 heavy (non-hydrogen) atoms. The Hall–Kier alpha value is -1.07. The molecule has 1 aromatic rings. The van der Waals surface area contributed by atoms with Gasteiger partial charge >= 0.3 is 6.18 Å². The average Bonchev–Trinajstić information content (AvgIpc) is 2.64. The lowest BCUT2D eigenvalue weighted by Gasteiger charge is -2.35. The van der Waals surface area contributed by atoms with Crippen molar-refractivity contribution in [1.82, 2.24) is 10.2 Å². The minimum Gasteiger partial charge on any atom is -0.379 e. The fourth-order valence-electron chi connectivity index (χ4n) is 2.84. The minimum absolute atomic E-state index is 0. The molecule has 0 radical (unpaired) electrons. The van der Waals surface area contributed by atoms with Gasteiger partial charge in [-0.1, -0.05) is 26.0 Å². The molecule has 0 saturated carbocycles. The number of nitrogens with zero attached hydrogens (tertiary/aromatic N) is 2. The molecule has 1 aliphatic heterocycles. The molecule has 1 saturated heterocycles. The SMILES string of the molecule is CN=C(NCCOCC(C)C)N1CCOC(c2cccc(C(F)(F)F)c2)C1.I. The summed E-state index contributed by atoms with van der Waals surface area (Å²) in [6, 6.07) is 5.31. The van der Waals surface area contributed by atoms with Crippen LogP contribution in [0.4, 0.5) is 13.2 Å². The number of hydrogen-bond acceptors (Lipinski definition) is 3. The minimum atomic E-state index is -4.36. The lowest BCUT2D eigenvalue weighted by molar-refractivity contribution is -0.137. The number of alkyl halides is 3. The molecule has 1 fully saturated rings. The topological polar surface area (TPSA) is 46.1 Å². The predicted octanol–water partition coefficient (Wildman–Crippen LogP) is 3.94. The highest BCUT2D eigenvalue weighted by atomic mass is 127. The van der Waals surface area contributed by atoms with E-state index >= 15 is 0 Å². The van der Waals surface area contributed by atoms with Gasteiger partial charge in [0.15, 0.2) is 5.96 Å². The molecule has 0 amide bonds. The summed E-state index contributed by atoms with van der Waals surface area (Å²) in [6.07, 6.45) is -4.80. The number of aliphatic imine (C=N–C) groups is 1. The van der Waals surface area contributed by atoms with E-state index in [4.69, 9.17) is 9.47 Å². The monoisotopic (exact) mass is 515 g/mol. The molecule has 1 heterocycles. The maximum Gasteiger partial charge on any atom is 0.416 e. The van der Waals surface area contributed by atoms with Crippen LogP contribution in [0.2, 0.25) is 0 Å². The van der Waals surface area contributed by atoms with Crippen LogP contribution in [0.3, 0.4) is 0 Å². The number of hydrogen-bond donors (Lipinski definition) is 1. The van der Waals surface area contributed by atoms with Crippen LogP contribution in [0.25, 0.3) is 0 Å². The first-order chi connectivity index (χ1) is 12.8. The largest absolute Gasteiger partial charge is 0.416 e. The van der Waals surface area contributed by atoms with E-state index in [1.165, 1.54) is 6.07 Å². The molecule has 0 aromatic heterocycles. The van der Waals surface area contributed by atoms with Gasteiger partial charge in [-0.25, -0.2) is 0 Å². The Bertz CT molecular complexity index is 627. The number of benzene rings is 1. The van der Waals surface area contributed by atoms with Gasteiger partial charge in [0.1, 0.15) is 6.10 Å². The maximum atomic E-state index is 13.0. The Kier molecular flexibility index (Phi) is 10.5. The smallest absolute Gasteiger partial charge is 0.379 e. The van der Waals surface area contributed by atoms with Crippen molar-refractivity contribution in [3.05, 3.63) is 35.4 Å². The molecule has 1 N–H and O–H groups in total. The first kappa shape index (κ1) is 25.0. The van der Waals surface area contributed by atoms with Crippen LogP contribution >= 0.6 is 24.0 Å². The molecule has 160 valence electrons. The third kappa shape index (κ3) is 7.75. The molecule has 5 nitrogen and oxygen atoms in total. The third-order valence-corrected chi connectivity index (χ3v) is 4.14. The number of ether oxygens (including phenoxy) is 2. The van der Waals surface area contributed by atoms with E-state index in [2.05, 4.69) is 24.2 Å². The molecule has 0 bridgehead atoms. The molecule has 1 aliphatic rings. The second-order valence-electron chi connectivity index (χ2n) is 6.87. The summed E-state index contributed by atoms with van der Waals surface area (Å²) in [5, 5.41) is 3.24. The highest BCUT2D eigenvalue weighted by molar-refractivity contribution is 14.0. The quantitative estimate of drug-likeness (QED) is 0.270. The Labute approximate surface area is 181 Å². The number of rotatable bonds is 6. The van der Waals surface area contributed by atoms with Crippen molar-refractivity contribution in [2.45, 2.75) is 26.1 Å². The first-order valence-corrected chi connectivity index (χ1v) is 9.13. The van der Waals surface area contributed by atoms with E-state index in [1.54, 1.807) is 13.1 Å². The van der Waals surface area contributed by atoms with Crippen LogP contribution in [0.5, 0.6) is 0 Å². The van der Waals surface area contributed by atoms with Crippen molar-refractivity contribution in [1.29, 1.82) is 0 Å². The summed E-state index contributed by atoms with van der Waals surface area (Å²) in [7, 11) is 1.69. The van der Waals surface area contributed by atoms with Crippen LogP contribution in [0.1, 0.15) is 31.1 Å². The van der Waals surface area contributed by atoms with Crippen LogP contribution in [0, 0.1) is 5.92 Å². The first-order valence-electron chi connectivity index (χ1n) is 9.13. The number of halogens is 4. The van der Waals surface area contributed by atoms with Crippen molar-refractivity contribution in [2.75, 3.05) is 46.5 Å². The summed E-state index contributed by atoms with van der Waals surface area (Å²) in [5.41, 5.74) is -0.143. The summed E-state index contributed by atoms with van der Waals surface area (Å²) in [5.74, 6) is 1.18. The van der Waals surface area contributed by atoms with Crippen molar-refractivity contribution in [3.63, 3.8) is 0 Å². The van der Waals surface area contributed by atoms with Crippen molar-refractivity contribution in [2.24, 2.45) is 10.9 Å². The van der Waals surface area contributed by atoms with Crippen molar-refractivity contribution in [3.8, 4) is 0 Å². The van der Waals surface area contributed by atoms with Gasteiger partial charge in [0.05, 0.1) is 25.3 Å². The molecule has 0 spiro atoms. The van der Waals surface area contributed by atoms with E-state index < -0.39 is 17.8 Å². The van der Waals surface area contributed by atoms with E-state index in [0.717, 1.165) is 12.1 Å². The van der Waals surface area contributed by atoms with Crippen molar-refractivity contribution < 1.29 is 22.6 Å². The Morgan fingerprint density at radius 3 is 2.79 bits per heavy atom. The Morgan fingerprint density at radius 1 is 1.39 bits per heavy atom. The number of morpholine rings is 1. The second kappa shape index (κ2) is 11.8. The van der Waals surface area contributed by atoms with Gasteiger partial charge in [-0.2, -0.15) is 13.2 Å². The summed E-state index contributed by atoms with van der Waals surface area (Å²) in [6.45, 7) is 7.56. The number of nitrogens with one attached hydrogen (secondary N) is 1. The van der Waals surface area contributed by atoms with E-state index in [1.807, 2.05) is 4.90 Å². The van der Waals surface area contributed by atoms with Gasteiger partial charge in [-0.3, -0.25) is 4.99 Å². The van der Waals surface area contributed by atoms with E-state index in [9.17, 15) is 13.2 Å². The highest BCUT2D eigenvalue weighted by Gasteiger charge is 2.32. The fraction of sp³-hybridized carbons (Fsp3) is 0.632. The van der Waals surface area contributed by atoms with Crippen LogP contribution in [0.15, 0.2) is 29.3 Å². The van der Waals surface area contributed by atoms with Gasteiger partial charge in [0.2, 0.25) is 0 Å². The molecule has 1 unspecified atom stereocenters. The molecular weight excluding hydrogens is 486 g/mol. The summed E-state index contributed by atoms with van der Waals surface area (Å²) in [4.78, 5) is 6.27. The molecule has 1 aromatic carbocycles. The average molecular weight is 515 g/mol. The second-order valence-corrected chi connectivity index (χ2v) is 6.87. The Morgan fingerprint density at radius 2 is 2.14 bits per heavy atom.